The molecule has 0 unspecified atom stereocenters. The zero-order valence-electron chi connectivity index (χ0n) is 17.1. The Hall–Kier alpha value is -0.860. The van der Waals surface area contributed by atoms with Gasteiger partial charge in [0.25, 0.3) is 0 Å². The minimum atomic E-state index is 1.05. The van der Waals surface area contributed by atoms with Crippen LogP contribution in [0, 0.1) is 0 Å². The van der Waals surface area contributed by atoms with Crippen molar-refractivity contribution in [2.75, 3.05) is 40.8 Å². The van der Waals surface area contributed by atoms with Gasteiger partial charge in [0, 0.05) is 40.8 Å². The van der Waals surface area contributed by atoms with Crippen LogP contribution < -0.4 is 0 Å². The van der Waals surface area contributed by atoms with Crippen molar-refractivity contribution in [2.45, 2.75) is 79.1 Å². The maximum Gasteiger partial charge on any atom is 0.123 e. The van der Waals surface area contributed by atoms with Crippen LogP contribution in [0.25, 0.3) is 0 Å². The van der Waals surface area contributed by atoms with Crippen molar-refractivity contribution in [1.29, 1.82) is 0 Å². The van der Waals surface area contributed by atoms with Gasteiger partial charge in [-0.2, -0.15) is 0 Å². The van der Waals surface area contributed by atoms with Crippen molar-refractivity contribution >= 4 is 0 Å². The summed E-state index contributed by atoms with van der Waals surface area (Å²) >= 11 is 0. The zero-order valence-corrected chi connectivity index (χ0v) is 17.1. The third-order valence-electron chi connectivity index (χ3n) is 4.88. The highest BCUT2D eigenvalue weighted by Gasteiger charge is 2.17. The Morgan fingerprint density at radius 3 is 1.43 bits per heavy atom. The maximum absolute atomic E-state index is 2.44. The average Bonchev–Trinajstić information content (AvgIpc) is 2.58. The summed E-state index contributed by atoms with van der Waals surface area (Å²) in [6, 6.07) is 0. The lowest BCUT2D eigenvalue weighted by molar-refractivity contribution is 0.253. The van der Waals surface area contributed by atoms with Gasteiger partial charge < -0.3 is 14.7 Å². The number of allylic oxidation sites excluding steroid dienone is 1. The second-order valence-electron chi connectivity index (χ2n) is 6.68. The van der Waals surface area contributed by atoms with E-state index in [1.54, 1.807) is 0 Å². The summed E-state index contributed by atoms with van der Waals surface area (Å²) in [5, 5.41) is 0. The first-order valence-corrected chi connectivity index (χ1v) is 9.89. The summed E-state index contributed by atoms with van der Waals surface area (Å²) in [6.45, 7) is 12.2. The molecule has 0 aromatic heterocycles. The Kier molecular flexibility index (Phi) is 13.1. The van der Waals surface area contributed by atoms with Crippen LogP contribution in [0.15, 0.2) is 11.5 Å². The Labute approximate surface area is 146 Å². The highest BCUT2D eigenvalue weighted by atomic mass is 15.3. The van der Waals surface area contributed by atoms with Crippen LogP contribution >= 0.6 is 0 Å². The van der Waals surface area contributed by atoms with E-state index in [1.807, 2.05) is 0 Å². The van der Waals surface area contributed by atoms with Gasteiger partial charge in [0.05, 0.1) is 5.70 Å². The summed E-state index contributed by atoms with van der Waals surface area (Å²) in [4.78, 5) is 7.23. The van der Waals surface area contributed by atoms with E-state index in [9.17, 15) is 0 Å². The smallest absolute Gasteiger partial charge is 0.123 e. The lowest BCUT2D eigenvalue weighted by atomic mass is 10.1. The van der Waals surface area contributed by atoms with Gasteiger partial charge in [-0.1, -0.05) is 45.4 Å². The number of hydrogen-bond donors (Lipinski definition) is 0. The summed E-state index contributed by atoms with van der Waals surface area (Å²) < 4.78 is 0. The molecule has 0 N–H and O–H groups in total. The van der Waals surface area contributed by atoms with Crippen molar-refractivity contribution in [3.05, 3.63) is 11.5 Å². The fourth-order valence-electron chi connectivity index (χ4n) is 2.95. The predicted octanol–water partition coefficient (Wildman–Crippen LogP) is 5.15. The first-order chi connectivity index (χ1) is 11.0. The second-order valence-corrected chi connectivity index (χ2v) is 6.68. The molecule has 0 aliphatic carbocycles. The fourth-order valence-corrected chi connectivity index (χ4v) is 2.95. The van der Waals surface area contributed by atoms with Crippen molar-refractivity contribution < 1.29 is 0 Å². The van der Waals surface area contributed by atoms with E-state index in [-0.39, 0.29) is 0 Å². The molecule has 0 fully saturated rings. The Morgan fingerprint density at radius 1 is 0.565 bits per heavy atom. The Morgan fingerprint density at radius 2 is 1.00 bits per heavy atom. The van der Waals surface area contributed by atoms with Crippen molar-refractivity contribution in [2.24, 2.45) is 0 Å². The molecule has 138 valence electrons. The molecule has 23 heavy (non-hydrogen) atoms. The quantitative estimate of drug-likeness (QED) is 0.409. The molecule has 0 atom stereocenters. The first kappa shape index (κ1) is 22.1. The molecule has 3 heteroatoms. The Bertz CT molecular complexity index is 300. The van der Waals surface area contributed by atoms with Crippen LogP contribution in [-0.4, -0.2) is 55.5 Å². The molecule has 0 radical (unpaired) electrons. The van der Waals surface area contributed by atoms with Crippen LogP contribution in [0.1, 0.15) is 79.1 Å². The van der Waals surface area contributed by atoms with Gasteiger partial charge in [-0.25, -0.2) is 0 Å². The minimum Gasteiger partial charge on any atom is -0.375 e. The van der Waals surface area contributed by atoms with E-state index in [1.165, 1.54) is 62.9 Å². The van der Waals surface area contributed by atoms with Crippen LogP contribution in [0.5, 0.6) is 0 Å². The van der Waals surface area contributed by atoms with Crippen LogP contribution in [0.4, 0.5) is 0 Å². The molecular formula is C20H43N3. The van der Waals surface area contributed by atoms with Gasteiger partial charge in [-0.05, 0) is 33.6 Å². The summed E-state index contributed by atoms with van der Waals surface area (Å²) in [5.74, 6) is 1.41. The van der Waals surface area contributed by atoms with Crippen LogP contribution in [-0.2, 0) is 0 Å². The summed E-state index contributed by atoms with van der Waals surface area (Å²) in [7, 11) is 6.68. The maximum atomic E-state index is 2.44. The van der Waals surface area contributed by atoms with E-state index in [0.717, 1.165) is 19.6 Å². The average molecular weight is 326 g/mol. The Balaban J connectivity index is 4.78. The van der Waals surface area contributed by atoms with Gasteiger partial charge in [-0.3, -0.25) is 0 Å². The molecule has 0 rings (SSSR count). The molecule has 3 nitrogen and oxygen atoms in total. The largest absolute Gasteiger partial charge is 0.375 e. The molecule has 0 saturated heterocycles. The fraction of sp³-hybridized carbons (Fsp3) is 0.900. The van der Waals surface area contributed by atoms with Crippen LogP contribution in [0.2, 0.25) is 0 Å². The van der Waals surface area contributed by atoms with Gasteiger partial charge in [-0.15, -0.1) is 0 Å². The number of nitrogens with zero attached hydrogens (tertiary/aromatic N) is 3. The third kappa shape index (κ3) is 8.53. The molecule has 0 aliphatic heterocycles. The van der Waals surface area contributed by atoms with Gasteiger partial charge in [0.2, 0.25) is 0 Å². The molecule has 0 aromatic rings. The second kappa shape index (κ2) is 13.6. The van der Waals surface area contributed by atoms with Gasteiger partial charge >= 0.3 is 0 Å². The molecule has 0 bridgehead atoms. The molecule has 0 aliphatic rings. The lowest BCUT2D eigenvalue weighted by Gasteiger charge is -2.35. The number of unbranched alkanes of at least 4 members (excludes halogenated alkanes) is 6. The van der Waals surface area contributed by atoms with E-state index in [2.05, 4.69) is 63.5 Å². The van der Waals surface area contributed by atoms with Gasteiger partial charge in [0.15, 0.2) is 0 Å². The molecule has 0 spiro atoms. The summed E-state index contributed by atoms with van der Waals surface area (Å²) in [6.07, 6.45) is 10.8. The van der Waals surface area contributed by atoms with Crippen molar-refractivity contribution in [1.82, 2.24) is 14.7 Å². The highest BCUT2D eigenvalue weighted by molar-refractivity contribution is 5.11. The third-order valence-corrected chi connectivity index (χ3v) is 4.88. The van der Waals surface area contributed by atoms with E-state index in [4.69, 9.17) is 0 Å². The van der Waals surface area contributed by atoms with E-state index < -0.39 is 0 Å². The lowest BCUT2D eigenvalue weighted by Crippen LogP contribution is -2.35. The zero-order chi connectivity index (χ0) is 17.7. The van der Waals surface area contributed by atoms with Gasteiger partial charge in [0.1, 0.15) is 5.82 Å². The molecule has 0 heterocycles. The van der Waals surface area contributed by atoms with Crippen molar-refractivity contribution in [3.8, 4) is 0 Å². The number of hydrogen-bond acceptors (Lipinski definition) is 3. The molecule has 0 amide bonds. The summed E-state index contributed by atoms with van der Waals surface area (Å²) in [5.41, 5.74) is 1.51. The molecule has 0 aromatic carbocycles. The van der Waals surface area contributed by atoms with Crippen molar-refractivity contribution in [3.63, 3.8) is 0 Å². The highest BCUT2D eigenvalue weighted by Crippen LogP contribution is 2.22. The predicted molar refractivity (Wildman–Crippen MR) is 105 cm³/mol. The van der Waals surface area contributed by atoms with Crippen LogP contribution in [0.3, 0.4) is 0 Å². The van der Waals surface area contributed by atoms with E-state index >= 15 is 0 Å². The first-order valence-electron chi connectivity index (χ1n) is 9.89. The SMILES string of the molecule is CCCCCCCCCC(=C(N(C)CC)N(C)CC)N(C)CC. The monoisotopic (exact) mass is 325 g/mol. The van der Waals surface area contributed by atoms with E-state index in [0.29, 0.717) is 0 Å². The topological polar surface area (TPSA) is 9.72 Å². The molecular weight excluding hydrogens is 282 g/mol. The standard InChI is InChI=1S/C20H43N3/c1-8-12-13-14-15-16-17-18-19(21(5)9-2)20(22(6)10-3)23(7)11-4/h8-18H2,1-7H3. The number of rotatable bonds is 14. The molecule has 0 saturated carbocycles. The normalized spacial score (nSPS) is 10.6. The minimum absolute atomic E-state index is 1.05.